The van der Waals surface area contributed by atoms with Crippen LogP contribution in [0.2, 0.25) is 0 Å². The molecule has 1 aliphatic rings. The lowest BCUT2D eigenvalue weighted by Crippen LogP contribution is -2.43. The second-order valence-electron chi connectivity index (χ2n) is 8.56. The molecule has 8 nitrogen and oxygen atoms in total. The van der Waals surface area contributed by atoms with E-state index in [0.29, 0.717) is 31.0 Å². The number of rotatable bonds is 8. The van der Waals surface area contributed by atoms with Crippen molar-refractivity contribution in [3.05, 3.63) is 96.4 Å². The number of hydrogen-bond acceptors (Lipinski definition) is 6. The maximum Gasteiger partial charge on any atom is 0.255 e. The van der Waals surface area contributed by atoms with Crippen molar-refractivity contribution in [2.45, 2.75) is 6.04 Å². The summed E-state index contributed by atoms with van der Waals surface area (Å²) in [5.41, 5.74) is 3.88. The summed E-state index contributed by atoms with van der Waals surface area (Å²) >= 11 is 0. The van der Waals surface area contributed by atoms with Gasteiger partial charge in [-0.2, -0.15) is 5.10 Å². The Hall–Kier alpha value is -4.01. The number of hydrogen-bond donors (Lipinski definition) is 1. The maximum absolute atomic E-state index is 13.6. The molecule has 0 aliphatic carbocycles. The van der Waals surface area contributed by atoms with Crippen molar-refractivity contribution < 1.29 is 14.3 Å². The van der Waals surface area contributed by atoms with Crippen molar-refractivity contribution in [2.75, 3.05) is 40.0 Å². The van der Waals surface area contributed by atoms with Crippen LogP contribution in [0.4, 0.5) is 0 Å². The van der Waals surface area contributed by atoms with Gasteiger partial charge in [0.2, 0.25) is 0 Å². The predicted octanol–water partition coefficient (Wildman–Crippen LogP) is 3.75. The number of carbonyl (C=O) groups is 1. The number of nitrogens with zero attached hydrogens (tertiary/aromatic N) is 4. The van der Waals surface area contributed by atoms with Gasteiger partial charge in [-0.3, -0.25) is 14.7 Å². The molecule has 1 saturated heterocycles. The van der Waals surface area contributed by atoms with E-state index in [1.807, 2.05) is 54.6 Å². The van der Waals surface area contributed by atoms with E-state index in [1.165, 1.54) is 0 Å². The van der Waals surface area contributed by atoms with Crippen LogP contribution in [0.15, 0.2) is 85.3 Å². The predicted molar refractivity (Wildman–Crippen MR) is 137 cm³/mol. The smallest absolute Gasteiger partial charge is 0.255 e. The standard InChI is InChI=1S/C28H29N5O3/c1-35-24-11-9-21(10-12-24)26(32-14-16-36-17-15-32)19-30-28(34)25-20-33(23-7-3-2-4-8-23)31-27(25)22-6-5-13-29-18-22/h2-13,18,20,26H,14-17,19H2,1H3,(H,30,34)/t26-/m1/s1. The number of morpholine rings is 1. The van der Waals surface area contributed by atoms with Crippen molar-refractivity contribution in [1.29, 1.82) is 0 Å². The molecule has 2 aromatic heterocycles. The molecular formula is C28H29N5O3. The van der Waals surface area contributed by atoms with Gasteiger partial charge in [-0.05, 0) is 42.0 Å². The summed E-state index contributed by atoms with van der Waals surface area (Å²) < 4.78 is 12.6. The van der Waals surface area contributed by atoms with Crippen LogP contribution in [-0.2, 0) is 4.74 Å². The number of para-hydroxylation sites is 1. The van der Waals surface area contributed by atoms with Gasteiger partial charge in [0.25, 0.3) is 5.91 Å². The molecule has 2 aromatic carbocycles. The Kier molecular flexibility index (Phi) is 7.35. The van der Waals surface area contributed by atoms with Gasteiger partial charge in [0.1, 0.15) is 11.4 Å². The lowest BCUT2D eigenvalue weighted by molar-refractivity contribution is 0.0162. The van der Waals surface area contributed by atoms with Gasteiger partial charge in [0.05, 0.1) is 37.6 Å². The first-order valence-electron chi connectivity index (χ1n) is 12.0. The summed E-state index contributed by atoms with van der Waals surface area (Å²) in [6, 6.07) is 21.5. The highest BCUT2D eigenvalue weighted by molar-refractivity contribution is 5.99. The van der Waals surface area contributed by atoms with Gasteiger partial charge < -0.3 is 14.8 Å². The van der Waals surface area contributed by atoms with Crippen molar-refractivity contribution in [3.8, 4) is 22.7 Å². The summed E-state index contributed by atoms with van der Waals surface area (Å²) in [7, 11) is 1.66. The van der Waals surface area contributed by atoms with E-state index >= 15 is 0 Å². The Balaban J connectivity index is 1.42. The highest BCUT2D eigenvalue weighted by atomic mass is 16.5. The van der Waals surface area contributed by atoms with Crippen LogP contribution in [-0.4, -0.2) is 65.5 Å². The quantitative estimate of drug-likeness (QED) is 0.411. The largest absolute Gasteiger partial charge is 0.497 e. The molecule has 0 unspecified atom stereocenters. The number of amides is 1. The zero-order chi connectivity index (χ0) is 24.7. The molecule has 0 saturated carbocycles. The molecule has 3 heterocycles. The lowest BCUT2D eigenvalue weighted by atomic mass is 10.0. The Morgan fingerprint density at radius 3 is 2.53 bits per heavy atom. The minimum atomic E-state index is -0.178. The Morgan fingerprint density at radius 2 is 1.83 bits per heavy atom. The molecule has 1 fully saturated rings. The molecule has 8 heteroatoms. The summed E-state index contributed by atoms with van der Waals surface area (Å²) in [5.74, 6) is 0.626. The summed E-state index contributed by atoms with van der Waals surface area (Å²) in [6.07, 6.45) is 5.21. The number of aromatic nitrogens is 3. The van der Waals surface area contributed by atoms with Crippen LogP contribution in [0.25, 0.3) is 16.9 Å². The van der Waals surface area contributed by atoms with Gasteiger partial charge in [-0.15, -0.1) is 0 Å². The molecule has 1 aliphatic heterocycles. The Morgan fingerprint density at radius 1 is 1.06 bits per heavy atom. The summed E-state index contributed by atoms with van der Waals surface area (Å²) in [4.78, 5) is 20.1. The fourth-order valence-electron chi connectivity index (χ4n) is 4.43. The van der Waals surface area contributed by atoms with E-state index in [4.69, 9.17) is 14.6 Å². The summed E-state index contributed by atoms with van der Waals surface area (Å²) in [5, 5.41) is 7.91. The van der Waals surface area contributed by atoms with E-state index in [2.05, 4.69) is 27.3 Å². The van der Waals surface area contributed by atoms with Crippen molar-refractivity contribution in [3.63, 3.8) is 0 Å². The zero-order valence-electron chi connectivity index (χ0n) is 20.2. The topological polar surface area (TPSA) is 81.5 Å². The molecular weight excluding hydrogens is 454 g/mol. The van der Waals surface area contributed by atoms with Crippen LogP contribution in [0, 0.1) is 0 Å². The molecule has 0 spiro atoms. The molecule has 4 aromatic rings. The number of ether oxygens (including phenoxy) is 2. The molecule has 1 N–H and O–H groups in total. The third kappa shape index (κ3) is 5.30. The van der Waals surface area contributed by atoms with E-state index in [-0.39, 0.29) is 11.9 Å². The first kappa shape index (κ1) is 23.7. The highest BCUT2D eigenvalue weighted by Gasteiger charge is 2.25. The molecule has 0 radical (unpaired) electrons. The number of benzene rings is 2. The molecule has 1 amide bonds. The van der Waals surface area contributed by atoms with Crippen LogP contribution >= 0.6 is 0 Å². The van der Waals surface area contributed by atoms with Crippen LogP contribution in [0.1, 0.15) is 22.0 Å². The van der Waals surface area contributed by atoms with Gasteiger partial charge in [-0.25, -0.2) is 4.68 Å². The van der Waals surface area contributed by atoms with Crippen molar-refractivity contribution in [2.24, 2.45) is 0 Å². The Bertz CT molecular complexity index is 1270. The van der Waals surface area contributed by atoms with Crippen LogP contribution < -0.4 is 10.1 Å². The minimum absolute atomic E-state index is 0.00904. The van der Waals surface area contributed by atoms with E-state index in [0.717, 1.165) is 35.7 Å². The van der Waals surface area contributed by atoms with E-state index in [9.17, 15) is 4.79 Å². The van der Waals surface area contributed by atoms with Gasteiger partial charge in [0, 0.05) is 43.8 Å². The van der Waals surface area contributed by atoms with Crippen molar-refractivity contribution in [1.82, 2.24) is 25.0 Å². The molecule has 0 bridgehead atoms. The zero-order valence-corrected chi connectivity index (χ0v) is 20.2. The fourth-order valence-corrected chi connectivity index (χ4v) is 4.43. The second kappa shape index (κ2) is 11.2. The first-order valence-corrected chi connectivity index (χ1v) is 12.0. The molecule has 1 atom stereocenters. The average Bonchev–Trinajstić information content (AvgIpc) is 3.41. The third-order valence-electron chi connectivity index (χ3n) is 6.36. The molecule has 36 heavy (non-hydrogen) atoms. The third-order valence-corrected chi connectivity index (χ3v) is 6.36. The normalized spacial score (nSPS) is 14.8. The monoisotopic (exact) mass is 483 g/mol. The SMILES string of the molecule is COc1ccc([C@@H](CNC(=O)c2cn(-c3ccccc3)nc2-c2cccnc2)N2CCOCC2)cc1. The highest BCUT2D eigenvalue weighted by Crippen LogP contribution is 2.26. The van der Waals surface area contributed by atoms with Crippen LogP contribution in [0.5, 0.6) is 5.75 Å². The molecule has 5 rings (SSSR count). The van der Waals surface area contributed by atoms with Crippen LogP contribution in [0.3, 0.4) is 0 Å². The number of carbonyl (C=O) groups excluding carboxylic acids is 1. The molecule has 184 valence electrons. The summed E-state index contributed by atoms with van der Waals surface area (Å²) in [6.45, 7) is 3.41. The van der Waals surface area contributed by atoms with E-state index < -0.39 is 0 Å². The second-order valence-corrected chi connectivity index (χ2v) is 8.56. The first-order chi connectivity index (χ1) is 17.7. The van der Waals surface area contributed by atoms with Crippen molar-refractivity contribution >= 4 is 5.91 Å². The van der Waals surface area contributed by atoms with E-state index in [1.54, 1.807) is 30.4 Å². The number of nitrogens with one attached hydrogen (secondary N) is 1. The van der Waals surface area contributed by atoms with Gasteiger partial charge in [-0.1, -0.05) is 30.3 Å². The lowest BCUT2D eigenvalue weighted by Gasteiger charge is -2.35. The van der Waals surface area contributed by atoms with Gasteiger partial charge >= 0.3 is 0 Å². The fraction of sp³-hybridized carbons (Fsp3) is 0.250. The Labute approximate surface area is 210 Å². The number of pyridine rings is 1. The number of methoxy groups -OCH3 is 1. The maximum atomic E-state index is 13.6. The average molecular weight is 484 g/mol. The van der Waals surface area contributed by atoms with Gasteiger partial charge in [0.15, 0.2) is 0 Å². The minimum Gasteiger partial charge on any atom is -0.497 e.